The number of hydrogen-bond donors (Lipinski definition) is 2. The molecular formula is C26H22N3NaO6. The van der Waals surface area contributed by atoms with Gasteiger partial charge in [0.2, 0.25) is 0 Å². The molecule has 178 valence electrons. The molecular weight excluding hydrogens is 473 g/mol. The van der Waals surface area contributed by atoms with Crippen molar-refractivity contribution >= 4 is 22.8 Å². The largest absolute Gasteiger partial charge is 1.00 e. The van der Waals surface area contributed by atoms with Crippen LogP contribution in [0.4, 0.5) is 0 Å². The minimum atomic E-state index is -1.23. The fourth-order valence-corrected chi connectivity index (χ4v) is 3.52. The summed E-state index contributed by atoms with van der Waals surface area (Å²) in [4.78, 5) is 43.1. The second-order valence-electron chi connectivity index (χ2n) is 7.68. The van der Waals surface area contributed by atoms with Crippen LogP contribution in [0.5, 0.6) is 11.5 Å². The summed E-state index contributed by atoms with van der Waals surface area (Å²) < 4.78 is 11.0. The van der Waals surface area contributed by atoms with Crippen LogP contribution in [0.25, 0.3) is 10.9 Å². The number of hydrogen-bond acceptors (Lipinski definition) is 7. The van der Waals surface area contributed by atoms with Crippen LogP contribution in [0.2, 0.25) is 0 Å². The van der Waals surface area contributed by atoms with Crippen molar-refractivity contribution < 1.29 is 53.7 Å². The molecule has 0 aliphatic rings. The van der Waals surface area contributed by atoms with Gasteiger partial charge in [0.15, 0.2) is 5.82 Å². The summed E-state index contributed by atoms with van der Waals surface area (Å²) in [6, 6.07) is 18.6. The van der Waals surface area contributed by atoms with Crippen molar-refractivity contribution in [3.8, 4) is 11.5 Å². The predicted octanol–water partition coefficient (Wildman–Crippen LogP) is -1.15. The molecule has 36 heavy (non-hydrogen) atoms. The number of fused-ring (bicyclic) bond motifs is 1. The number of rotatable bonds is 9. The van der Waals surface area contributed by atoms with Crippen LogP contribution >= 0.6 is 0 Å². The summed E-state index contributed by atoms with van der Waals surface area (Å²) in [7, 11) is 1.57. The number of carbonyl (C=O) groups is 2. The third-order valence-corrected chi connectivity index (χ3v) is 5.34. The van der Waals surface area contributed by atoms with Gasteiger partial charge in [-0.15, -0.1) is 0 Å². The van der Waals surface area contributed by atoms with Crippen molar-refractivity contribution in [1.29, 1.82) is 0 Å². The number of carbonyl (C=O) groups excluding carboxylic acids is 2. The Kier molecular flexibility index (Phi) is 9.24. The SMILES string of the molecule is COc1cccc(CNC(=O)c2nc3cccc(OCCc4ccc(C(=O)[O-])cc4)c3c(=O)[nH]2)c1.[Na+]. The van der Waals surface area contributed by atoms with Gasteiger partial charge >= 0.3 is 29.6 Å². The topological polar surface area (TPSA) is 133 Å². The number of aromatic nitrogens is 2. The standard InChI is InChI=1S/C26H23N3O6.Na/c1-34-19-5-2-4-17(14-19)15-27-25(31)23-28-20-6-3-7-21(22(20)24(30)29-23)35-13-12-16-8-10-18(11-9-16)26(32)33;/h2-11,14H,12-13,15H2,1H3,(H,27,31)(H,32,33)(H,28,29,30);/q;+1/p-1. The maximum absolute atomic E-state index is 12.8. The zero-order valence-electron chi connectivity index (χ0n) is 19.9. The molecule has 2 N–H and O–H groups in total. The number of benzene rings is 3. The van der Waals surface area contributed by atoms with Crippen LogP contribution in [-0.4, -0.2) is 35.6 Å². The summed E-state index contributed by atoms with van der Waals surface area (Å²) in [6.45, 7) is 0.497. The Hall–Kier alpha value is -3.66. The van der Waals surface area contributed by atoms with Gasteiger partial charge in [0.05, 0.1) is 25.2 Å². The number of ether oxygens (including phenoxy) is 2. The third kappa shape index (κ3) is 6.51. The fraction of sp³-hybridized carbons (Fsp3) is 0.154. The number of aromatic carboxylic acids is 1. The Morgan fingerprint density at radius 3 is 2.50 bits per heavy atom. The van der Waals surface area contributed by atoms with E-state index in [1.165, 1.54) is 12.1 Å². The summed E-state index contributed by atoms with van der Waals surface area (Å²) in [5.41, 5.74) is 1.65. The van der Waals surface area contributed by atoms with Crippen molar-refractivity contribution in [1.82, 2.24) is 15.3 Å². The number of H-pyrrole nitrogens is 1. The second kappa shape index (κ2) is 12.3. The van der Waals surface area contributed by atoms with E-state index in [0.29, 0.717) is 23.4 Å². The first-order valence-corrected chi connectivity index (χ1v) is 10.8. The van der Waals surface area contributed by atoms with Crippen molar-refractivity contribution in [2.75, 3.05) is 13.7 Å². The minimum Gasteiger partial charge on any atom is -0.545 e. The Morgan fingerprint density at radius 2 is 1.78 bits per heavy atom. The minimum absolute atomic E-state index is 0. The van der Waals surface area contributed by atoms with Gasteiger partial charge in [0, 0.05) is 13.0 Å². The van der Waals surface area contributed by atoms with Gasteiger partial charge in [-0.3, -0.25) is 9.59 Å². The van der Waals surface area contributed by atoms with Crippen molar-refractivity contribution in [3.05, 3.63) is 99.6 Å². The summed E-state index contributed by atoms with van der Waals surface area (Å²) in [5.74, 6) is -0.834. The normalized spacial score (nSPS) is 10.4. The van der Waals surface area contributed by atoms with E-state index in [0.717, 1.165) is 11.1 Å². The maximum Gasteiger partial charge on any atom is 1.00 e. The van der Waals surface area contributed by atoms with Crippen LogP contribution in [0.1, 0.15) is 32.1 Å². The molecule has 1 aromatic heterocycles. The van der Waals surface area contributed by atoms with Gasteiger partial charge in [0.1, 0.15) is 16.9 Å². The van der Waals surface area contributed by atoms with Crippen LogP contribution < -0.4 is 55.0 Å². The number of aromatic amines is 1. The maximum atomic E-state index is 12.8. The first kappa shape index (κ1) is 26.9. The number of nitrogens with zero attached hydrogens (tertiary/aromatic N) is 1. The van der Waals surface area contributed by atoms with Crippen molar-refractivity contribution in [3.63, 3.8) is 0 Å². The Bertz CT molecular complexity index is 1440. The molecule has 0 saturated heterocycles. The number of amides is 1. The van der Waals surface area contributed by atoms with Gasteiger partial charge in [-0.05, 0) is 41.0 Å². The van der Waals surface area contributed by atoms with Crippen molar-refractivity contribution in [2.24, 2.45) is 0 Å². The molecule has 1 amide bonds. The van der Waals surface area contributed by atoms with E-state index in [4.69, 9.17) is 9.47 Å². The van der Waals surface area contributed by atoms with Crippen molar-refractivity contribution in [2.45, 2.75) is 13.0 Å². The van der Waals surface area contributed by atoms with E-state index in [1.54, 1.807) is 49.6 Å². The molecule has 0 aliphatic carbocycles. The first-order chi connectivity index (χ1) is 16.9. The van der Waals surface area contributed by atoms with Gasteiger partial charge in [0.25, 0.3) is 11.5 Å². The molecule has 0 atom stereocenters. The van der Waals surface area contributed by atoms with E-state index < -0.39 is 17.4 Å². The number of nitrogens with one attached hydrogen (secondary N) is 2. The first-order valence-electron chi connectivity index (χ1n) is 10.8. The molecule has 0 unspecified atom stereocenters. The van der Waals surface area contributed by atoms with E-state index in [1.807, 2.05) is 12.1 Å². The van der Waals surface area contributed by atoms with E-state index in [-0.39, 0.29) is 59.5 Å². The Morgan fingerprint density at radius 1 is 1.03 bits per heavy atom. The Balaban J connectivity index is 0.00000361. The number of carboxylic acids is 1. The average molecular weight is 495 g/mol. The molecule has 0 fully saturated rings. The monoisotopic (exact) mass is 495 g/mol. The number of carboxylic acid groups (broad SMARTS) is 1. The molecule has 0 saturated carbocycles. The molecule has 9 nitrogen and oxygen atoms in total. The zero-order chi connectivity index (χ0) is 24.8. The van der Waals surface area contributed by atoms with Crippen LogP contribution in [0.3, 0.4) is 0 Å². The van der Waals surface area contributed by atoms with Gasteiger partial charge in [-0.2, -0.15) is 0 Å². The summed E-state index contributed by atoms with van der Waals surface area (Å²) >= 11 is 0. The molecule has 0 bridgehead atoms. The molecule has 3 aromatic carbocycles. The molecule has 4 aromatic rings. The van der Waals surface area contributed by atoms with Crippen LogP contribution in [-0.2, 0) is 13.0 Å². The smallest absolute Gasteiger partial charge is 0.545 e. The van der Waals surface area contributed by atoms with E-state index in [9.17, 15) is 19.5 Å². The molecule has 0 spiro atoms. The number of methoxy groups -OCH3 is 1. The zero-order valence-corrected chi connectivity index (χ0v) is 21.9. The van der Waals surface area contributed by atoms with E-state index in [2.05, 4.69) is 15.3 Å². The average Bonchev–Trinajstić information content (AvgIpc) is 2.87. The molecule has 10 heteroatoms. The fourth-order valence-electron chi connectivity index (χ4n) is 3.52. The van der Waals surface area contributed by atoms with Crippen LogP contribution in [0.15, 0.2) is 71.5 Å². The van der Waals surface area contributed by atoms with Gasteiger partial charge in [-0.1, -0.05) is 42.5 Å². The summed E-state index contributed by atoms with van der Waals surface area (Å²) in [6.07, 6.45) is 0.500. The van der Waals surface area contributed by atoms with Gasteiger partial charge in [-0.25, -0.2) is 4.98 Å². The van der Waals surface area contributed by atoms with E-state index >= 15 is 0 Å². The summed E-state index contributed by atoms with van der Waals surface area (Å²) in [5, 5.41) is 13.8. The van der Waals surface area contributed by atoms with Gasteiger partial charge < -0.3 is 29.7 Å². The Labute approximate surface area is 228 Å². The van der Waals surface area contributed by atoms with Crippen LogP contribution in [0, 0.1) is 0 Å². The second-order valence-corrected chi connectivity index (χ2v) is 7.68. The quantitative estimate of drug-likeness (QED) is 0.280. The molecule has 1 heterocycles. The predicted molar refractivity (Wildman–Crippen MR) is 126 cm³/mol. The molecule has 4 rings (SSSR count). The molecule has 0 aliphatic heterocycles. The molecule has 0 radical (unpaired) electrons. The third-order valence-electron chi connectivity index (χ3n) is 5.34.